The molecule has 8 nitrogen and oxygen atoms in total. The van der Waals surface area contributed by atoms with Gasteiger partial charge in [0.1, 0.15) is 23.7 Å². The lowest BCUT2D eigenvalue weighted by Gasteiger charge is -2.48. The smallest absolute Gasteiger partial charge is 0.410 e. The number of hydrogen-bond donors (Lipinski definition) is 1. The zero-order chi connectivity index (χ0) is 23.7. The van der Waals surface area contributed by atoms with E-state index >= 15 is 0 Å². The van der Waals surface area contributed by atoms with Gasteiger partial charge in [0.05, 0.1) is 0 Å². The highest BCUT2D eigenvalue weighted by molar-refractivity contribution is 8.00. The fourth-order valence-electron chi connectivity index (χ4n) is 4.17. The summed E-state index contributed by atoms with van der Waals surface area (Å²) >= 11 is 1.46. The Bertz CT molecular complexity index is 1080. The normalized spacial score (nSPS) is 21.5. The SMILES string of the molecule is N[C@@H]1C(=O)N2C(C(=O)OC(c3ccccc3)c3ccccc3)=C(COC(=O)N3CCC3)CS[C@H]12. The molecule has 3 heterocycles. The number of thioether (sulfide) groups is 1. The Kier molecular flexibility index (Phi) is 6.30. The molecule has 9 heteroatoms. The summed E-state index contributed by atoms with van der Waals surface area (Å²) in [7, 11) is 0. The number of carbonyl (C=O) groups excluding carboxylic acids is 3. The van der Waals surface area contributed by atoms with E-state index in [1.807, 2.05) is 60.7 Å². The van der Waals surface area contributed by atoms with Crippen LogP contribution in [0, 0.1) is 0 Å². The minimum absolute atomic E-state index is 0.0835. The van der Waals surface area contributed by atoms with E-state index in [9.17, 15) is 14.4 Å². The molecule has 2 fully saturated rings. The van der Waals surface area contributed by atoms with Crippen LogP contribution in [0.25, 0.3) is 0 Å². The standard InChI is InChI=1S/C25H25N3O5S/c26-19-22(29)28-20(18(15-34-23(19)28)14-32-25(31)27-12-7-13-27)24(30)33-21(16-8-3-1-4-9-16)17-10-5-2-6-11-17/h1-6,8-11,19,21,23H,7,12-15,26H2/t19-,23-/m1/s1. The number of carbonyl (C=O) groups is 3. The van der Waals surface area contributed by atoms with E-state index in [4.69, 9.17) is 15.2 Å². The van der Waals surface area contributed by atoms with Gasteiger partial charge in [-0.3, -0.25) is 9.69 Å². The summed E-state index contributed by atoms with van der Waals surface area (Å²) in [6.45, 7) is 1.25. The van der Waals surface area contributed by atoms with Crippen molar-refractivity contribution in [1.82, 2.24) is 9.80 Å². The van der Waals surface area contributed by atoms with Crippen LogP contribution in [0.15, 0.2) is 71.9 Å². The first-order chi connectivity index (χ1) is 16.5. The summed E-state index contributed by atoms with van der Waals surface area (Å²) in [5.74, 6) is -0.564. The molecule has 0 bridgehead atoms. The van der Waals surface area contributed by atoms with Crippen molar-refractivity contribution in [3.8, 4) is 0 Å². The number of hydrogen-bond acceptors (Lipinski definition) is 7. The number of benzene rings is 2. The summed E-state index contributed by atoms with van der Waals surface area (Å²) in [6, 6.07) is 18.2. The predicted molar refractivity (Wildman–Crippen MR) is 126 cm³/mol. The molecule has 0 spiro atoms. The molecule has 3 aliphatic heterocycles. The molecule has 5 rings (SSSR count). The maximum Gasteiger partial charge on any atom is 0.410 e. The Balaban J connectivity index is 1.44. The largest absolute Gasteiger partial charge is 0.448 e. The van der Waals surface area contributed by atoms with Crippen molar-refractivity contribution in [2.75, 3.05) is 25.4 Å². The van der Waals surface area contributed by atoms with Crippen molar-refractivity contribution < 1.29 is 23.9 Å². The predicted octanol–water partition coefficient (Wildman–Crippen LogP) is 2.66. The van der Waals surface area contributed by atoms with Gasteiger partial charge in [-0.25, -0.2) is 9.59 Å². The minimum Gasteiger partial charge on any atom is -0.448 e. The van der Waals surface area contributed by atoms with Crippen molar-refractivity contribution in [3.05, 3.63) is 83.1 Å². The molecular formula is C25H25N3O5S. The Hall–Kier alpha value is -3.30. The van der Waals surface area contributed by atoms with Crippen LogP contribution in [0.2, 0.25) is 0 Å². The van der Waals surface area contributed by atoms with Crippen LogP contribution in [0.4, 0.5) is 4.79 Å². The molecule has 2 aromatic carbocycles. The van der Waals surface area contributed by atoms with Gasteiger partial charge in [0.2, 0.25) is 5.91 Å². The van der Waals surface area contributed by atoms with Crippen LogP contribution in [0.1, 0.15) is 23.7 Å². The van der Waals surface area contributed by atoms with Gasteiger partial charge in [-0.2, -0.15) is 0 Å². The average molecular weight is 480 g/mol. The van der Waals surface area contributed by atoms with E-state index in [2.05, 4.69) is 0 Å². The molecule has 0 aromatic heterocycles. The molecule has 2 saturated heterocycles. The van der Waals surface area contributed by atoms with Crippen molar-refractivity contribution in [3.63, 3.8) is 0 Å². The molecule has 176 valence electrons. The number of likely N-dealkylation sites (tertiary alicyclic amines) is 1. The summed E-state index contributed by atoms with van der Waals surface area (Å²) in [5, 5.41) is -0.336. The quantitative estimate of drug-likeness (QED) is 0.502. The first-order valence-electron chi connectivity index (χ1n) is 11.2. The minimum atomic E-state index is -0.669. The third-order valence-electron chi connectivity index (χ3n) is 6.20. The lowest BCUT2D eigenvalue weighted by Crippen LogP contribution is -2.68. The van der Waals surface area contributed by atoms with Crippen LogP contribution in [0.5, 0.6) is 0 Å². The topological polar surface area (TPSA) is 102 Å². The van der Waals surface area contributed by atoms with Gasteiger partial charge in [0.25, 0.3) is 0 Å². The molecule has 34 heavy (non-hydrogen) atoms. The molecule has 0 radical (unpaired) electrons. The lowest BCUT2D eigenvalue weighted by molar-refractivity contribution is -0.153. The highest BCUT2D eigenvalue weighted by Gasteiger charge is 2.52. The van der Waals surface area contributed by atoms with Gasteiger partial charge in [-0.1, -0.05) is 60.7 Å². The number of esters is 1. The Labute approximate surface area is 201 Å². The van der Waals surface area contributed by atoms with E-state index < -0.39 is 24.2 Å². The van der Waals surface area contributed by atoms with Crippen molar-refractivity contribution in [2.45, 2.75) is 23.9 Å². The van der Waals surface area contributed by atoms with Gasteiger partial charge < -0.3 is 20.1 Å². The van der Waals surface area contributed by atoms with Gasteiger partial charge in [0, 0.05) is 24.4 Å². The zero-order valence-corrected chi connectivity index (χ0v) is 19.3. The van der Waals surface area contributed by atoms with E-state index in [1.165, 1.54) is 16.7 Å². The lowest BCUT2D eigenvalue weighted by atomic mass is 10.0. The first kappa shape index (κ1) is 22.5. The van der Waals surface area contributed by atoms with Gasteiger partial charge in [-0.05, 0) is 17.5 Å². The summed E-state index contributed by atoms with van der Waals surface area (Å²) in [5.41, 5.74) is 8.26. The monoisotopic (exact) mass is 479 g/mol. The van der Waals surface area contributed by atoms with Crippen LogP contribution in [-0.4, -0.2) is 64.6 Å². The van der Waals surface area contributed by atoms with Crippen LogP contribution in [-0.2, 0) is 19.1 Å². The average Bonchev–Trinajstić information content (AvgIpc) is 2.84. The molecule has 2 aromatic rings. The van der Waals surface area contributed by atoms with E-state index in [0.29, 0.717) is 24.4 Å². The zero-order valence-electron chi connectivity index (χ0n) is 18.5. The summed E-state index contributed by atoms with van der Waals surface area (Å²) in [4.78, 5) is 41.4. The molecule has 3 aliphatic rings. The second-order valence-corrected chi connectivity index (χ2v) is 9.49. The molecule has 0 saturated carbocycles. The second-order valence-electron chi connectivity index (χ2n) is 8.39. The van der Waals surface area contributed by atoms with Gasteiger partial charge in [-0.15, -0.1) is 11.8 Å². The van der Waals surface area contributed by atoms with Crippen molar-refractivity contribution >= 4 is 29.7 Å². The number of fused-ring (bicyclic) bond motifs is 1. The molecule has 2 atom stereocenters. The Morgan fingerprint density at radius 1 is 1.03 bits per heavy atom. The molecule has 2 amide bonds. The highest BCUT2D eigenvalue weighted by atomic mass is 32.2. The number of nitrogens with zero attached hydrogens (tertiary/aromatic N) is 2. The maximum atomic E-state index is 13.6. The van der Waals surface area contributed by atoms with Gasteiger partial charge in [0.15, 0.2) is 6.10 Å². The van der Waals surface area contributed by atoms with Crippen LogP contribution in [0.3, 0.4) is 0 Å². The number of ether oxygens (including phenoxy) is 2. The number of rotatable bonds is 6. The number of β-lactam (4-membered cyclic amide) rings is 1. The van der Waals surface area contributed by atoms with Gasteiger partial charge >= 0.3 is 12.1 Å². The van der Waals surface area contributed by atoms with E-state index in [-0.39, 0.29) is 23.6 Å². The summed E-state index contributed by atoms with van der Waals surface area (Å²) in [6.07, 6.45) is -0.130. The van der Waals surface area contributed by atoms with E-state index in [1.54, 1.807) is 4.90 Å². The Morgan fingerprint density at radius 2 is 1.65 bits per heavy atom. The fourth-order valence-corrected chi connectivity index (χ4v) is 5.44. The number of nitrogens with two attached hydrogens (primary N) is 1. The van der Waals surface area contributed by atoms with Crippen LogP contribution >= 0.6 is 11.8 Å². The third-order valence-corrected chi connectivity index (χ3v) is 7.56. The molecule has 0 aliphatic carbocycles. The van der Waals surface area contributed by atoms with Crippen molar-refractivity contribution in [2.24, 2.45) is 5.73 Å². The Morgan fingerprint density at radius 3 is 2.21 bits per heavy atom. The number of amides is 2. The highest BCUT2D eigenvalue weighted by Crippen LogP contribution is 2.41. The van der Waals surface area contributed by atoms with Crippen molar-refractivity contribution in [1.29, 1.82) is 0 Å². The van der Waals surface area contributed by atoms with Crippen LogP contribution < -0.4 is 5.73 Å². The fraction of sp³-hybridized carbons (Fsp3) is 0.320. The maximum absolute atomic E-state index is 13.6. The third kappa shape index (κ3) is 4.17. The summed E-state index contributed by atoms with van der Waals surface area (Å²) < 4.78 is 11.5. The molecular weight excluding hydrogens is 454 g/mol. The molecule has 2 N–H and O–H groups in total. The van der Waals surface area contributed by atoms with E-state index in [0.717, 1.165) is 17.5 Å². The first-order valence-corrected chi connectivity index (χ1v) is 12.2. The molecule has 0 unspecified atom stereocenters. The second kappa shape index (κ2) is 9.52.